The van der Waals surface area contributed by atoms with Gasteiger partial charge in [-0.05, 0) is 13.0 Å². The summed E-state index contributed by atoms with van der Waals surface area (Å²) < 4.78 is 0. The van der Waals surface area contributed by atoms with Crippen molar-refractivity contribution >= 4 is 11.7 Å². The summed E-state index contributed by atoms with van der Waals surface area (Å²) in [7, 11) is 0. The number of amides is 1. The van der Waals surface area contributed by atoms with Crippen LogP contribution < -0.4 is 10.6 Å². The molecule has 0 saturated heterocycles. The summed E-state index contributed by atoms with van der Waals surface area (Å²) in [6.45, 7) is 1.32. The van der Waals surface area contributed by atoms with Gasteiger partial charge >= 0.3 is 0 Å². The van der Waals surface area contributed by atoms with Gasteiger partial charge in [-0.3, -0.25) is 14.8 Å². The van der Waals surface area contributed by atoms with E-state index < -0.39 is 11.7 Å². The van der Waals surface area contributed by atoms with Gasteiger partial charge in [0.15, 0.2) is 5.78 Å². The largest absolute Gasteiger partial charge is 0.872 e. The summed E-state index contributed by atoms with van der Waals surface area (Å²) in [6.07, 6.45) is 0. The number of carbonyl (C=O) groups excluding carboxylic acids is 2. The number of carbonyl (C=O) groups is 2. The molecule has 14 heavy (non-hydrogen) atoms. The standard InChI is InChI=1S/C9H9NO4/c1-5(11)6-2-3-8(12)7(4-6)9(13)10-14/h2-4,12,14H,1H3,(H,10,13)/p-1. The zero-order valence-electron chi connectivity index (χ0n) is 7.40. The maximum absolute atomic E-state index is 11.1. The summed E-state index contributed by atoms with van der Waals surface area (Å²) in [5.41, 5.74) is 1.34. The lowest BCUT2D eigenvalue weighted by Crippen LogP contribution is -2.20. The van der Waals surface area contributed by atoms with E-state index in [4.69, 9.17) is 5.21 Å². The van der Waals surface area contributed by atoms with E-state index in [2.05, 4.69) is 0 Å². The lowest BCUT2D eigenvalue weighted by Gasteiger charge is -2.11. The normalized spacial score (nSPS) is 9.57. The molecular weight excluding hydrogens is 186 g/mol. The fourth-order valence-corrected chi connectivity index (χ4v) is 0.987. The third-order valence-electron chi connectivity index (χ3n) is 1.73. The predicted molar refractivity (Wildman–Crippen MR) is 45.1 cm³/mol. The van der Waals surface area contributed by atoms with Gasteiger partial charge in [0, 0.05) is 11.1 Å². The summed E-state index contributed by atoms with van der Waals surface area (Å²) in [4.78, 5) is 21.9. The lowest BCUT2D eigenvalue weighted by molar-refractivity contribution is -0.268. The van der Waals surface area contributed by atoms with Crippen LogP contribution in [0.15, 0.2) is 18.2 Å². The third kappa shape index (κ3) is 1.89. The van der Waals surface area contributed by atoms with Gasteiger partial charge < -0.3 is 5.11 Å². The minimum absolute atomic E-state index is 0.250. The van der Waals surface area contributed by atoms with Gasteiger partial charge in [-0.15, -0.1) is 0 Å². The van der Waals surface area contributed by atoms with Crippen LogP contribution in [-0.4, -0.2) is 16.9 Å². The Bertz CT molecular complexity index is 386. The first-order valence-electron chi connectivity index (χ1n) is 3.82. The second-order valence-corrected chi connectivity index (χ2v) is 2.71. The highest BCUT2D eigenvalue weighted by molar-refractivity contribution is 6.00. The van der Waals surface area contributed by atoms with Crippen LogP contribution in [0, 0.1) is 0 Å². The van der Waals surface area contributed by atoms with E-state index in [0.717, 1.165) is 12.1 Å². The Morgan fingerprint density at radius 1 is 1.43 bits per heavy atom. The van der Waals surface area contributed by atoms with Gasteiger partial charge in [-0.25, -0.2) is 5.48 Å². The van der Waals surface area contributed by atoms with E-state index in [0.29, 0.717) is 0 Å². The molecule has 5 heteroatoms. The maximum atomic E-state index is 11.1. The van der Waals surface area contributed by atoms with Crippen molar-refractivity contribution in [1.29, 1.82) is 0 Å². The molecule has 5 nitrogen and oxygen atoms in total. The second-order valence-electron chi connectivity index (χ2n) is 2.71. The van der Waals surface area contributed by atoms with E-state index in [-0.39, 0.29) is 16.9 Å². The summed E-state index contributed by atoms with van der Waals surface area (Å²) in [6, 6.07) is 3.59. The van der Waals surface area contributed by atoms with Crippen molar-refractivity contribution < 1.29 is 19.9 Å². The first-order valence-corrected chi connectivity index (χ1v) is 3.82. The Hall–Kier alpha value is -1.88. The van der Waals surface area contributed by atoms with Crippen molar-refractivity contribution in [2.75, 3.05) is 0 Å². The van der Waals surface area contributed by atoms with E-state index >= 15 is 0 Å². The molecule has 0 unspecified atom stereocenters. The van der Waals surface area contributed by atoms with E-state index in [9.17, 15) is 14.7 Å². The van der Waals surface area contributed by atoms with Gasteiger partial charge in [0.25, 0.3) is 5.91 Å². The summed E-state index contributed by atoms with van der Waals surface area (Å²) in [5.74, 6) is -1.71. The number of rotatable bonds is 2. The lowest BCUT2D eigenvalue weighted by atomic mass is 10.1. The van der Waals surface area contributed by atoms with Crippen LogP contribution in [0.3, 0.4) is 0 Å². The molecule has 0 aromatic heterocycles. The Balaban J connectivity index is 3.21. The number of hydrogen-bond acceptors (Lipinski definition) is 4. The predicted octanol–water partition coefficient (Wildman–Crippen LogP) is 0.0818. The molecule has 0 atom stereocenters. The van der Waals surface area contributed by atoms with Crippen LogP contribution in [0.2, 0.25) is 0 Å². The van der Waals surface area contributed by atoms with Gasteiger partial charge in [0.1, 0.15) is 0 Å². The molecule has 74 valence electrons. The highest BCUT2D eigenvalue weighted by Gasteiger charge is 2.07. The molecule has 0 saturated carbocycles. The number of hydrogen-bond donors (Lipinski definition) is 2. The average molecular weight is 194 g/mol. The molecule has 0 bridgehead atoms. The molecule has 1 rings (SSSR count). The Labute approximate surface area is 79.9 Å². The SMILES string of the molecule is CC(=O)c1ccc([O-])c(C(=O)NO)c1. The van der Waals surface area contributed by atoms with Gasteiger partial charge in [-0.1, -0.05) is 17.9 Å². The molecule has 1 amide bonds. The molecular formula is C9H8NO4-. The molecule has 0 heterocycles. The molecule has 2 N–H and O–H groups in total. The topological polar surface area (TPSA) is 89.5 Å². The molecule has 0 aliphatic carbocycles. The molecule has 1 aromatic carbocycles. The van der Waals surface area contributed by atoms with Gasteiger partial charge in [0.2, 0.25) is 0 Å². The minimum atomic E-state index is -0.918. The van der Waals surface area contributed by atoms with Gasteiger partial charge in [0.05, 0.1) is 0 Å². The first-order chi connectivity index (χ1) is 6.56. The molecule has 0 fully saturated rings. The molecule has 0 aliphatic rings. The number of benzene rings is 1. The van der Waals surface area contributed by atoms with Crippen LogP contribution in [-0.2, 0) is 0 Å². The van der Waals surface area contributed by atoms with Crippen LogP contribution in [0.25, 0.3) is 0 Å². The third-order valence-corrected chi connectivity index (χ3v) is 1.73. The minimum Gasteiger partial charge on any atom is -0.872 e. The number of Topliss-reactive ketones (excluding diaryl/α,β-unsaturated/α-hetero) is 1. The fraction of sp³-hybridized carbons (Fsp3) is 0.111. The van der Waals surface area contributed by atoms with Crippen molar-refractivity contribution in [1.82, 2.24) is 5.48 Å². The number of hydroxylamine groups is 1. The van der Waals surface area contributed by atoms with Crippen molar-refractivity contribution in [3.63, 3.8) is 0 Å². The Morgan fingerprint density at radius 2 is 2.07 bits per heavy atom. The van der Waals surface area contributed by atoms with E-state index in [1.165, 1.54) is 18.5 Å². The quantitative estimate of drug-likeness (QED) is 0.396. The smallest absolute Gasteiger partial charge is 0.274 e. The number of ketones is 1. The van der Waals surface area contributed by atoms with Crippen LogP contribution >= 0.6 is 0 Å². The van der Waals surface area contributed by atoms with Crippen molar-refractivity contribution in [3.05, 3.63) is 29.3 Å². The highest BCUT2D eigenvalue weighted by atomic mass is 16.5. The zero-order valence-corrected chi connectivity index (χ0v) is 7.40. The van der Waals surface area contributed by atoms with Crippen LogP contribution in [0.5, 0.6) is 5.75 Å². The van der Waals surface area contributed by atoms with Crippen molar-refractivity contribution in [2.45, 2.75) is 6.92 Å². The average Bonchev–Trinajstić information content (AvgIpc) is 2.17. The van der Waals surface area contributed by atoms with Crippen LogP contribution in [0.1, 0.15) is 27.6 Å². The summed E-state index contributed by atoms with van der Waals surface area (Å²) >= 11 is 0. The summed E-state index contributed by atoms with van der Waals surface area (Å²) in [5, 5.41) is 19.4. The Morgan fingerprint density at radius 3 is 2.57 bits per heavy atom. The second kappa shape index (κ2) is 3.89. The molecule has 0 spiro atoms. The molecule has 0 radical (unpaired) electrons. The van der Waals surface area contributed by atoms with Crippen molar-refractivity contribution in [3.8, 4) is 5.75 Å². The molecule has 1 aromatic rings. The first kappa shape index (κ1) is 10.2. The van der Waals surface area contributed by atoms with E-state index in [1.807, 2.05) is 0 Å². The molecule has 0 aliphatic heterocycles. The van der Waals surface area contributed by atoms with Crippen LogP contribution in [0.4, 0.5) is 0 Å². The Kier molecular flexibility index (Phi) is 2.83. The fourth-order valence-electron chi connectivity index (χ4n) is 0.987. The zero-order chi connectivity index (χ0) is 10.7. The maximum Gasteiger partial charge on any atom is 0.274 e. The van der Waals surface area contributed by atoms with Gasteiger partial charge in [-0.2, -0.15) is 0 Å². The van der Waals surface area contributed by atoms with Crippen molar-refractivity contribution in [2.24, 2.45) is 0 Å². The number of nitrogens with one attached hydrogen (secondary N) is 1. The monoisotopic (exact) mass is 194 g/mol. The highest BCUT2D eigenvalue weighted by Crippen LogP contribution is 2.15. The van der Waals surface area contributed by atoms with E-state index in [1.54, 1.807) is 0 Å².